The smallest absolute Gasteiger partial charge is 0.155 e. The van der Waals surface area contributed by atoms with Crippen LogP contribution in [0.5, 0.6) is 0 Å². The zero-order chi connectivity index (χ0) is 15.8. The Kier molecular flexibility index (Phi) is 2.80. The Morgan fingerprint density at radius 1 is 1.30 bits per heavy atom. The highest BCUT2D eigenvalue weighted by Gasteiger charge is 2.70. The summed E-state index contributed by atoms with van der Waals surface area (Å²) in [5.74, 6) is 4.85. The molecule has 0 spiro atoms. The molecule has 0 saturated heterocycles. The lowest BCUT2D eigenvalue weighted by Gasteiger charge is -2.53. The maximum atomic E-state index is 11.8. The molecule has 0 radical (unpaired) electrons. The normalized spacial score (nSPS) is 52.6. The Hall–Kier alpha value is -1.36. The molecular formula is C21H25NO. The van der Waals surface area contributed by atoms with Crippen molar-refractivity contribution < 1.29 is 4.79 Å². The van der Waals surface area contributed by atoms with E-state index in [1.54, 1.807) is 0 Å². The molecule has 0 aromatic rings. The Morgan fingerprint density at radius 2 is 2.17 bits per heavy atom. The predicted octanol–water partition coefficient (Wildman–Crippen LogP) is 4.29. The van der Waals surface area contributed by atoms with Crippen LogP contribution in [0.15, 0.2) is 23.8 Å². The van der Waals surface area contributed by atoms with Gasteiger partial charge < -0.3 is 0 Å². The van der Waals surface area contributed by atoms with Gasteiger partial charge in [0.2, 0.25) is 0 Å². The summed E-state index contributed by atoms with van der Waals surface area (Å²) in [6, 6.07) is 2.72. The third-order valence-electron chi connectivity index (χ3n) is 8.20. The molecule has 2 nitrogen and oxygen atoms in total. The Balaban J connectivity index is 1.56. The lowest BCUT2D eigenvalue weighted by Crippen LogP contribution is -2.47. The van der Waals surface area contributed by atoms with Gasteiger partial charge in [-0.25, -0.2) is 0 Å². The Bertz CT molecular complexity index is 668. The molecule has 120 valence electrons. The number of fused-ring (bicyclic) bond motifs is 7. The Morgan fingerprint density at radius 3 is 2.96 bits per heavy atom. The minimum absolute atomic E-state index is 0.291. The van der Waals surface area contributed by atoms with Crippen LogP contribution in [0.4, 0.5) is 0 Å². The number of ketones is 1. The third kappa shape index (κ3) is 1.66. The van der Waals surface area contributed by atoms with Gasteiger partial charge >= 0.3 is 0 Å². The molecule has 0 N–H and O–H groups in total. The first-order valence-electron chi connectivity index (χ1n) is 9.52. The van der Waals surface area contributed by atoms with Crippen molar-refractivity contribution in [3.05, 3.63) is 23.8 Å². The van der Waals surface area contributed by atoms with E-state index in [0.717, 1.165) is 30.6 Å². The van der Waals surface area contributed by atoms with E-state index in [1.807, 2.05) is 6.08 Å². The summed E-state index contributed by atoms with van der Waals surface area (Å²) in [5.41, 5.74) is 1.59. The molecule has 0 heterocycles. The molecule has 0 aliphatic heterocycles. The van der Waals surface area contributed by atoms with E-state index >= 15 is 0 Å². The Labute approximate surface area is 138 Å². The number of hydrogen-bond acceptors (Lipinski definition) is 2. The molecule has 0 aromatic heterocycles. The van der Waals surface area contributed by atoms with E-state index < -0.39 is 0 Å². The van der Waals surface area contributed by atoms with Crippen LogP contribution in [0.2, 0.25) is 0 Å². The predicted molar refractivity (Wildman–Crippen MR) is 88.1 cm³/mol. The number of rotatable bonds is 1. The number of carbonyl (C=O) groups excluding carboxylic acids is 1. The van der Waals surface area contributed by atoms with E-state index in [9.17, 15) is 10.1 Å². The topological polar surface area (TPSA) is 40.9 Å². The van der Waals surface area contributed by atoms with Crippen LogP contribution >= 0.6 is 0 Å². The van der Waals surface area contributed by atoms with Gasteiger partial charge in [0.1, 0.15) is 0 Å². The molecule has 3 saturated carbocycles. The van der Waals surface area contributed by atoms with Gasteiger partial charge in [0, 0.05) is 6.42 Å². The number of allylic oxidation sites excluding steroid dienone is 4. The summed E-state index contributed by atoms with van der Waals surface area (Å²) < 4.78 is 0. The van der Waals surface area contributed by atoms with E-state index in [-0.39, 0.29) is 0 Å². The fraction of sp³-hybridized carbons (Fsp3) is 0.714. The van der Waals surface area contributed by atoms with Crippen molar-refractivity contribution in [3.8, 4) is 6.07 Å². The first-order chi connectivity index (χ1) is 11.2. The molecule has 0 amide bonds. The zero-order valence-electron chi connectivity index (χ0n) is 13.9. The quantitative estimate of drug-likeness (QED) is 0.725. The van der Waals surface area contributed by atoms with Gasteiger partial charge in [-0.15, -0.1) is 0 Å². The minimum Gasteiger partial charge on any atom is -0.295 e. The molecule has 0 bridgehead atoms. The first-order valence-corrected chi connectivity index (χ1v) is 9.52. The summed E-state index contributed by atoms with van der Waals surface area (Å²) in [5, 5.41) is 9.80. The standard InChI is InChI=1S/C21H25NO/c1-2-21-8-7-15-14-6-4-13(23)9-12(14)3-5-16(15)20(21)18-10-17(18)19(21)11-22/h3,5,9,14-20H,2,4,6-8,10H2,1H3/t14-,15+,16+,17-,18+,19?,20+,21+/m0/s1. The second-order valence-corrected chi connectivity index (χ2v) is 8.68. The zero-order valence-corrected chi connectivity index (χ0v) is 13.9. The minimum atomic E-state index is 0.291. The van der Waals surface area contributed by atoms with Gasteiger partial charge in [-0.3, -0.25) is 4.79 Å². The van der Waals surface area contributed by atoms with Crippen molar-refractivity contribution in [2.45, 2.75) is 45.4 Å². The van der Waals surface area contributed by atoms with Crippen LogP contribution in [0.3, 0.4) is 0 Å². The average molecular weight is 307 g/mol. The van der Waals surface area contributed by atoms with E-state index in [2.05, 4.69) is 25.1 Å². The SMILES string of the molecule is CC[C@]12CC[C@H]3[C@@H](C=CC4=CC(=O)CC[C@@H]43)[C@@H]1[C@@H]1C[C@@H]1C2C#N. The molecule has 5 aliphatic carbocycles. The molecule has 8 atom stereocenters. The monoisotopic (exact) mass is 307 g/mol. The van der Waals surface area contributed by atoms with Crippen molar-refractivity contribution in [3.63, 3.8) is 0 Å². The summed E-state index contributed by atoms with van der Waals surface area (Å²) in [6.07, 6.45) is 13.4. The van der Waals surface area contributed by atoms with E-state index in [1.165, 1.54) is 31.3 Å². The molecule has 2 heteroatoms. The second kappa shape index (κ2) is 4.59. The van der Waals surface area contributed by atoms with E-state index in [0.29, 0.717) is 34.9 Å². The van der Waals surface area contributed by atoms with Crippen molar-refractivity contribution in [1.29, 1.82) is 5.26 Å². The second-order valence-electron chi connectivity index (χ2n) is 8.68. The molecule has 5 rings (SSSR count). The van der Waals surface area contributed by atoms with Crippen LogP contribution in [-0.4, -0.2) is 5.78 Å². The van der Waals surface area contributed by atoms with Gasteiger partial charge in [-0.2, -0.15) is 5.26 Å². The van der Waals surface area contributed by atoms with Gasteiger partial charge in [0.25, 0.3) is 0 Å². The number of hydrogen-bond donors (Lipinski definition) is 0. The first kappa shape index (κ1) is 14.0. The van der Waals surface area contributed by atoms with Crippen molar-refractivity contribution in [2.75, 3.05) is 0 Å². The maximum absolute atomic E-state index is 11.8. The van der Waals surface area contributed by atoms with Crippen LogP contribution in [0.1, 0.15) is 45.4 Å². The van der Waals surface area contributed by atoms with Gasteiger partial charge in [-0.1, -0.05) is 19.1 Å². The summed E-state index contributed by atoms with van der Waals surface area (Å²) in [4.78, 5) is 11.8. The maximum Gasteiger partial charge on any atom is 0.155 e. The highest BCUT2D eigenvalue weighted by molar-refractivity contribution is 5.91. The number of carbonyl (C=O) groups is 1. The van der Waals surface area contributed by atoms with Gasteiger partial charge in [0.15, 0.2) is 5.78 Å². The third-order valence-corrected chi connectivity index (χ3v) is 8.20. The summed E-state index contributed by atoms with van der Waals surface area (Å²) in [7, 11) is 0. The van der Waals surface area contributed by atoms with Crippen LogP contribution in [0, 0.1) is 58.2 Å². The van der Waals surface area contributed by atoms with Crippen LogP contribution < -0.4 is 0 Å². The molecule has 3 fully saturated rings. The van der Waals surface area contributed by atoms with Crippen LogP contribution in [0.25, 0.3) is 0 Å². The van der Waals surface area contributed by atoms with Crippen molar-refractivity contribution in [2.24, 2.45) is 46.8 Å². The molecule has 1 unspecified atom stereocenters. The van der Waals surface area contributed by atoms with Gasteiger partial charge in [0.05, 0.1) is 12.0 Å². The largest absolute Gasteiger partial charge is 0.295 e. The highest BCUT2D eigenvalue weighted by atomic mass is 16.1. The summed E-state index contributed by atoms with van der Waals surface area (Å²) >= 11 is 0. The van der Waals surface area contributed by atoms with E-state index in [4.69, 9.17) is 0 Å². The van der Waals surface area contributed by atoms with Crippen LogP contribution in [-0.2, 0) is 4.79 Å². The molecular weight excluding hydrogens is 282 g/mol. The van der Waals surface area contributed by atoms with Crippen molar-refractivity contribution >= 4 is 5.78 Å². The molecule has 23 heavy (non-hydrogen) atoms. The fourth-order valence-electron chi connectivity index (χ4n) is 7.25. The molecule has 5 aliphatic rings. The van der Waals surface area contributed by atoms with Gasteiger partial charge in [-0.05, 0) is 84.7 Å². The number of nitriles is 1. The lowest BCUT2D eigenvalue weighted by atomic mass is 9.50. The highest BCUT2D eigenvalue weighted by Crippen LogP contribution is 2.74. The lowest BCUT2D eigenvalue weighted by molar-refractivity contribution is -0.115. The summed E-state index contributed by atoms with van der Waals surface area (Å²) in [6.45, 7) is 2.32. The average Bonchev–Trinajstić information content (AvgIpc) is 3.28. The van der Waals surface area contributed by atoms with Crippen molar-refractivity contribution in [1.82, 2.24) is 0 Å². The fourth-order valence-corrected chi connectivity index (χ4v) is 7.25. The molecule has 0 aromatic carbocycles. The number of nitrogens with zero attached hydrogens (tertiary/aromatic N) is 1.